The van der Waals surface area contributed by atoms with Gasteiger partial charge in [-0.3, -0.25) is 0 Å². The van der Waals surface area contributed by atoms with Crippen LogP contribution in [-0.4, -0.2) is 22.3 Å². The Morgan fingerprint density at radius 1 is 1.32 bits per heavy atom. The zero-order valence-corrected chi connectivity index (χ0v) is 13.1. The second kappa shape index (κ2) is 7.06. The predicted octanol–water partition coefficient (Wildman–Crippen LogP) is 2.24. The quantitative estimate of drug-likeness (QED) is 0.591. The van der Waals surface area contributed by atoms with E-state index in [4.69, 9.17) is 38.6 Å². The van der Waals surface area contributed by atoms with Gasteiger partial charge in [-0.05, 0) is 42.9 Å². The Bertz CT molecular complexity index is 714. The van der Waals surface area contributed by atoms with Crippen molar-refractivity contribution >= 4 is 47.3 Å². The van der Waals surface area contributed by atoms with Gasteiger partial charge in [0.2, 0.25) is 0 Å². The maximum absolute atomic E-state index is 13.5. The van der Waals surface area contributed by atoms with Crippen molar-refractivity contribution in [3.63, 3.8) is 0 Å². The van der Waals surface area contributed by atoms with Crippen LogP contribution in [0.4, 0.5) is 10.1 Å². The molecule has 2 rings (SSSR count). The van der Waals surface area contributed by atoms with E-state index < -0.39 is 12.9 Å². The van der Waals surface area contributed by atoms with Crippen molar-refractivity contribution in [1.82, 2.24) is 0 Å². The van der Waals surface area contributed by atoms with Crippen molar-refractivity contribution in [3.05, 3.63) is 52.8 Å². The highest BCUT2D eigenvalue weighted by atomic mass is 35.5. The van der Waals surface area contributed by atoms with Crippen LogP contribution < -0.4 is 15.5 Å². The zero-order chi connectivity index (χ0) is 16.3. The summed E-state index contributed by atoms with van der Waals surface area (Å²) >= 11 is 11.0. The summed E-state index contributed by atoms with van der Waals surface area (Å²) in [4.78, 5) is 0. The molecule has 0 amide bonds. The third kappa shape index (κ3) is 3.95. The molecule has 0 aliphatic heterocycles. The van der Waals surface area contributed by atoms with Gasteiger partial charge in [-0.2, -0.15) is 0 Å². The molecule has 0 aliphatic carbocycles. The van der Waals surface area contributed by atoms with E-state index in [9.17, 15) is 4.39 Å². The summed E-state index contributed by atoms with van der Waals surface area (Å²) < 4.78 is 19.0. The Hall–Kier alpha value is -1.67. The molecule has 2 aromatic carbocycles. The molecule has 4 nitrogen and oxygen atoms in total. The molecular formula is C14H12BClFNO3S. The largest absolute Gasteiger partial charge is 0.491 e. The van der Waals surface area contributed by atoms with Gasteiger partial charge < -0.3 is 20.1 Å². The van der Waals surface area contributed by atoms with Crippen molar-refractivity contribution in [2.45, 2.75) is 6.92 Å². The second-order valence-electron chi connectivity index (χ2n) is 4.51. The SMILES string of the molecule is Cc1ccccc1OC(=S)Nc1cc(B(O)O)c(F)cc1Cl. The van der Waals surface area contributed by atoms with E-state index in [1.807, 2.05) is 19.1 Å². The van der Waals surface area contributed by atoms with Crippen LogP contribution in [0, 0.1) is 12.7 Å². The van der Waals surface area contributed by atoms with E-state index in [1.54, 1.807) is 12.1 Å². The smallest absolute Gasteiger partial charge is 0.431 e. The minimum absolute atomic E-state index is 0.00110. The first-order valence-corrected chi connectivity index (χ1v) is 7.06. The summed E-state index contributed by atoms with van der Waals surface area (Å²) in [6.45, 7) is 1.86. The maximum Gasteiger partial charge on any atom is 0.491 e. The number of nitrogens with one attached hydrogen (secondary N) is 1. The molecule has 0 unspecified atom stereocenters. The lowest BCUT2D eigenvalue weighted by Gasteiger charge is -2.13. The van der Waals surface area contributed by atoms with Gasteiger partial charge in [0.05, 0.1) is 10.7 Å². The molecule has 0 bridgehead atoms. The summed E-state index contributed by atoms with van der Waals surface area (Å²) in [5.41, 5.74) is 0.790. The van der Waals surface area contributed by atoms with E-state index >= 15 is 0 Å². The highest BCUT2D eigenvalue weighted by Gasteiger charge is 2.19. The number of hydrogen-bond acceptors (Lipinski definition) is 4. The van der Waals surface area contributed by atoms with Gasteiger partial charge in [-0.25, -0.2) is 4.39 Å². The van der Waals surface area contributed by atoms with Crippen molar-refractivity contribution in [3.8, 4) is 5.75 Å². The fourth-order valence-corrected chi connectivity index (χ4v) is 2.16. The number of halogens is 2. The van der Waals surface area contributed by atoms with Gasteiger partial charge in [0.25, 0.3) is 5.17 Å². The highest BCUT2D eigenvalue weighted by molar-refractivity contribution is 7.80. The summed E-state index contributed by atoms with van der Waals surface area (Å²) in [6, 6.07) is 9.41. The Kier molecular flexibility index (Phi) is 5.36. The van der Waals surface area contributed by atoms with Gasteiger partial charge in [0.1, 0.15) is 11.6 Å². The van der Waals surface area contributed by atoms with Crippen molar-refractivity contribution in [2.75, 3.05) is 5.32 Å². The van der Waals surface area contributed by atoms with E-state index in [0.717, 1.165) is 17.7 Å². The molecule has 0 fully saturated rings. The number of anilines is 1. The van der Waals surface area contributed by atoms with Crippen molar-refractivity contribution in [1.29, 1.82) is 0 Å². The predicted molar refractivity (Wildman–Crippen MR) is 89.3 cm³/mol. The van der Waals surface area contributed by atoms with Crippen molar-refractivity contribution in [2.24, 2.45) is 0 Å². The fraction of sp³-hybridized carbons (Fsp3) is 0.0714. The van der Waals surface area contributed by atoms with Gasteiger partial charge in [0, 0.05) is 5.46 Å². The van der Waals surface area contributed by atoms with E-state index in [-0.39, 0.29) is 21.3 Å². The molecule has 114 valence electrons. The molecule has 0 aromatic heterocycles. The third-order valence-corrected chi connectivity index (χ3v) is 3.40. The lowest BCUT2D eigenvalue weighted by atomic mass is 9.79. The molecule has 2 aromatic rings. The Labute approximate surface area is 137 Å². The first-order valence-electron chi connectivity index (χ1n) is 6.28. The molecule has 0 spiro atoms. The number of rotatable bonds is 3. The van der Waals surface area contributed by atoms with Crippen LogP contribution in [0.25, 0.3) is 0 Å². The van der Waals surface area contributed by atoms with Crippen LogP contribution in [0.5, 0.6) is 5.75 Å². The summed E-state index contributed by atoms with van der Waals surface area (Å²) in [5, 5.41) is 20.9. The minimum atomic E-state index is -1.95. The van der Waals surface area contributed by atoms with Crippen LogP contribution in [0.1, 0.15) is 5.56 Å². The van der Waals surface area contributed by atoms with Crippen LogP contribution in [0.15, 0.2) is 36.4 Å². The minimum Gasteiger partial charge on any atom is -0.431 e. The molecule has 8 heteroatoms. The zero-order valence-electron chi connectivity index (χ0n) is 11.5. The number of thiocarbonyl (C=S) groups is 1. The van der Waals surface area contributed by atoms with Crippen LogP contribution >= 0.6 is 23.8 Å². The van der Waals surface area contributed by atoms with Crippen LogP contribution in [0.3, 0.4) is 0 Å². The summed E-state index contributed by atoms with van der Waals surface area (Å²) in [6.07, 6.45) is 0. The average molecular weight is 340 g/mol. The van der Waals surface area contributed by atoms with Crippen LogP contribution in [0.2, 0.25) is 5.02 Å². The summed E-state index contributed by atoms with van der Waals surface area (Å²) in [5.74, 6) is -0.253. The molecule has 22 heavy (non-hydrogen) atoms. The fourth-order valence-electron chi connectivity index (χ4n) is 1.77. The topological polar surface area (TPSA) is 61.7 Å². The molecule has 0 atom stereocenters. The Morgan fingerprint density at radius 3 is 2.64 bits per heavy atom. The Balaban J connectivity index is 2.18. The van der Waals surface area contributed by atoms with E-state index in [1.165, 1.54) is 0 Å². The molecule has 0 radical (unpaired) electrons. The van der Waals surface area contributed by atoms with Gasteiger partial charge >= 0.3 is 7.12 Å². The molecule has 0 saturated heterocycles. The molecule has 3 N–H and O–H groups in total. The number of ether oxygens (including phenoxy) is 1. The maximum atomic E-state index is 13.5. The Morgan fingerprint density at radius 2 is 2.00 bits per heavy atom. The molecule has 0 heterocycles. The number of hydrogen-bond donors (Lipinski definition) is 3. The van der Waals surface area contributed by atoms with Gasteiger partial charge in [-0.15, -0.1) is 0 Å². The first-order chi connectivity index (χ1) is 10.4. The third-order valence-electron chi connectivity index (χ3n) is 2.90. The molecule has 0 saturated carbocycles. The second-order valence-corrected chi connectivity index (χ2v) is 5.29. The van der Waals surface area contributed by atoms with Gasteiger partial charge in [-0.1, -0.05) is 29.8 Å². The van der Waals surface area contributed by atoms with E-state index in [2.05, 4.69) is 5.32 Å². The molecular weight excluding hydrogens is 327 g/mol. The number of para-hydroxylation sites is 1. The molecule has 0 aliphatic rings. The average Bonchev–Trinajstić information content (AvgIpc) is 2.44. The van der Waals surface area contributed by atoms with Gasteiger partial charge in [0.15, 0.2) is 0 Å². The highest BCUT2D eigenvalue weighted by Crippen LogP contribution is 2.23. The van der Waals surface area contributed by atoms with Crippen LogP contribution in [-0.2, 0) is 0 Å². The number of benzene rings is 2. The van der Waals surface area contributed by atoms with Crippen molar-refractivity contribution < 1.29 is 19.2 Å². The van der Waals surface area contributed by atoms with E-state index in [0.29, 0.717) is 5.75 Å². The normalized spacial score (nSPS) is 10.2. The number of aryl methyl sites for hydroxylation is 1. The monoisotopic (exact) mass is 339 g/mol. The summed E-state index contributed by atoms with van der Waals surface area (Å²) in [7, 11) is -1.95. The standard InChI is InChI=1S/C14H12BClFNO3S/c1-8-4-2-3-5-13(8)21-14(22)18-12-6-9(15(19)20)11(17)7-10(12)16/h2-7,19-20H,1H3,(H,18,22). The first kappa shape index (κ1) is 16.7. The lowest BCUT2D eigenvalue weighted by Crippen LogP contribution is -2.33. The lowest BCUT2D eigenvalue weighted by molar-refractivity contribution is 0.423.